The predicted octanol–water partition coefficient (Wildman–Crippen LogP) is 7.28. The Morgan fingerprint density at radius 1 is 0.538 bits per heavy atom. The molecule has 0 bridgehead atoms. The van der Waals surface area contributed by atoms with Crippen LogP contribution in [0.4, 0.5) is 0 Å². The van der Waals surface area contributed by atoms with E-state index >= 15 is 0 Å². The van der Waals surface area contributed by atoms with Crippen molar-refractivity contribution in [2.45, 2.75) is 5.92 Å². The van der Waals surface area contributed by atoms with Crippen LogP contribution in [0.15, 0.2) is 102 Å². The van der Waals surface area contributed by atoms with Crippen molar-refractivity contribution in [3.05, 3.63) is 118 Å². The molecule has 124 valence electrons. The predicted molar refractivity (Wildman–Crippen MR) is 112 cm³/mol. The molecule has 1 aliphatic carbocycles. The molecule has 4 aromatic carbocycles. The third-order valence-corrected chi connectivity index (χ3v) is 5.73. The first-order valence-electron chi connectivity index (χ1n) is 8.85. The maximum atomic E-state index is 3.56. The SMILES string of the molecule is Brc1cccc(-c2ccc(C3c4ccccc4-c4ccccc43)cc2)c1. The van der Waals surface area contributed by atoms with Crippen molar-refractivity contribution in [2.24, 2.45) is 0 Å². The van der Waals surface area contributed by atoms with Gasteiger partial charge >= 0.3 is 0 Å². The molecule has 0 heterocycles. The highest BCUT2D eigenvalue weighted by molar-refractivity contribution is 9.10. The quantitative estimate of drug-likeness (QED) is 0.294. The highest BCUT2D eigenvalue weighted by atomic mass is 79.9. The van der Waals surface area contributed by atoms with E-state index in [-0.39, 0.29) is 0 Å². The summed E-state index contributed by atoms with van der Waals surface area (Å²) in [5.74, 6) is 0.318. The number of hydrogen-bond acceptors (Lipinski definition) is 0. The summed E-state index contributed by atoms with van der Waals surface area (Å²) in [4.78, 5) is 0. The molecule has 1 aliphatic rings. The second-order valence-electron chi connectivity index (χ2n) is 6.74. The van der Waals surface area contributed by atoms with Crippen LogP contribution in [0.2, 0.25) is 0 Å². The third-order valence-electron chi connectivity index (χ3n) is 5.24. The summed E-state index contributed by atoms with van der Waals surface area (Å²) in [6.45, 7) is 0. The molecule has 0 fully saturated rings. The second-order valence-corrected chi connectivity index (χ2v) is 7.66. The van der Waals surface area contributed by atoms with Crippen LogP contribution < -0.4 is 0 Å². The topological polar surface area (TPSA) is 0 Å². The highest BCUT2D eigenvalue weighted by Crippen LogP contribution is 2.47. The molecule has 0 N–H and O–H groups in total. The van der Waals surface area contributed by atoms with Crippen molar-refractivity contribution in [3.8, 4) is 22.3 Å². The maximum Gasteiger partial charge on any atom is 0.0352 e. The molecular formula is C25H17Br. The lowest BCUT2D eigenvalue weighted by molar-refractivity contribution is 1.02. The van der Waals surface area contributed by atoms with Crippen LogP contribution in [-0.2, 0) is 0 Å². The van der Waals surface area contributed by atoms with E-state index in [4.69, 9.17) is 0 Å². The van der Waals surface area contributed by atoms with Crippen molar-refractivity contribution in [1.82, 2.24) is 0 Å². The minimum Gasteiger partial charge on any atom is -0.0619 e. The molecule has 0 aromatic heterocycles. The smallest absolute Gasteiger partial charge is 0.0352 e. The van der Waals surface area contributed by atoms with E-state index in [1.54, 1.807) is 0 Å². The minimum atomic E-state index is 0.318. The lowest BCUT2D eigenvalue weighted by Gasteiger charge is -2.15. The molecule has 0 saturated heterocycles. The molecule has 0 nitrogen and oxygen atoms in total. The van der Waals surface area contributed by atoms with Gasteiger partial charge in [0.1, 0.15) is 0 Å². The average Bonchev–Trinajstić information content (AvgIpc) is 3.03. The van der Waals surface area contributed by atoms with Crippen molar-refractivity contribution < 1.29 is 0 Å². The monoisotopic (exact) mass is 396 g/mol. The summed E-state index contributed by atoms with van der Waals surface area (Å²) in [6.07, 6.45) is 0. The summed E-state index contributed by atoms with van der Waals surface area (Å²) in [5.41, 5.74) is 9.37. The summed E-state index contributed by atoms with van der Waals surface area (Å²) in [6, 6.07) is 35.1. The summed E-state index contributed by atoms with van der Waals surface area (Å²) >= 11 is 3.56. The van der Waals surface area contributed by atoms with E-state index in [1.165, 1.54) is 38.9 Å². The molecule has 0 aliphatic heterocycles. The van der Waals surface area contributed by atoms with Crippen LogP contribution in [-0.4, -0.2) is 0 Å². The second kappa shape index (κ2) is 6.26. The fourth-order valence-electron chi connectivity index (χ4n) is 4.05. The Labute approximate surface area is 162 Å². The lowest BCUT2D eigenvalue weighted by Crippen LogP contribution is -1.98. The van der Waals surface area contributed by atoms with E-state index in [9.17, 15) is 0 Å². The Morgan fingerprint density at radius 3 is 1.77 bits per heavy atom. The van der Waals surface area contributed by atoms with E-state index in [2.05, 4.69) is 113 Å². The van der Waals surface area contributed by atoms with E-state index < -0.39 is 0 Å². The zero-order valence-corrected chi connectivity index (χ0v) is 15.8. The summed E-state index contributed by atoms with van der Waals surface area (Å²) in [7, 11) is 0. The van der Waals surface area contributed by atoms with Gasteiger partial charge < -0.3 is 0 Å². The largest absolute Gasteiger partial charge is 0.0619 e. The van der Waals surface area contributed by atoms with Gasteiger partial charge in [0.25, 0.3) is 0 Å². The van der Waals surface area contributed by atoms with E-state index in [0.29, 0.717) is 5.92 Å². The minimum absolute atomic E-state index is 0.318. The molecule has 0 spiro atoms. The van der Waals surface area contributed by atoms with Gasteiger partial charge in [-0.05, 0) is 51.1 Å². The van der Waals surface area contributed by atoms with Gasteiger partial charge in [-0.25, -0.2) is 0 Å². The molecule has 26 heavy (non-hydrogen) atoms. The lowest BCUT2D eigenvalue weighted by atomic mass is 9.88. The Bertz CT molecular complexity index is 1050. The standard InChI is InChI=1S/C25H17Br/c26-20-7-5-6-19(16-20)17-12-14-18(15-13-17)25-23-10-3-1-8-21(23)22-9-2-4-11-24(22)25/h1-16,25H. The first-order valence-corrected chi connectivity index (χ1v) is 9.65. The van der Waals surface area contributed by atoms with Crippen molar-refractivity contribution in [1.29, 1.82) is 0 Å². The van der Waals surface area contributed by atoms with Gasteiger partial charge in [0.05, 0.1) is 0 Å². The summed E-state index contributed by atoms with van der Waals surface area (Å²) in [5, 5.41) is 0. The fourth-order valence-corrected chi connectivity index (χ4v) is 4.45. The Balaban J connectivity index is 1.60. The Hall–Kier alpha value is -2.64. The molecule has 1 heteroatoms. The Kier molecular flexibility index (Phi) is 3.76. The van der Waals surface area contributed by atoms with Crippen molar-refractivity contribution in [2.75, 3.05) is 0 Å². The van der Waals surface area contributed by atoms with E-state index in [1.807, 2.05) is 0 Å². The molecule has 0 radical (unpaired) electrons. The zero-order chi connectivity index (χ0) is 17.5. The van der Waals surface area contributed by atoms with E-state index in [0.717, 1.165) is 4.47 Å². The first-order chi connectivity index (χ1) is 12.8. The fraction of sp³-hybridized carbons (Fsp3) is 0.0400. The van der Waals surface area contributed by atoms with Gasteiger partial charge in [0.2, 0.25) is 0 Å². The number of benzene rings is 4. The zero-order valence-electron chi connectivity index (χ0n) is 14.2. The van der Waals surface area contributed by atoms with Gasteiger partial charge in [0.15, 0.2) is 0 Å². The maximum absolute atomic E-state index is 3.56. The number of rotatable bonds is 2. The number of fused-ring (bicyclic) bond motifs is 3. The molecule has 5 rings (SSSR count). The first kappa shape index (κ1) is 15.6. The molecule has 0 unspecified atom stereocenters. The number of hydrogen-bond donors (Lipinski definition) is 0. The molecule has 0 atom stereocenters. The number of halogens is 1. The van der Waals surface area contributed by atoms with Crippen molar-refractivity contribution in [3.63, 3.8) is 0 Å². The van der Waals surface area contributed by atoms with Crippen LogP contribution in [0, 0.1) is 0 Å². The van der Waals surface area contributed by atoms with Crippen LogP contribution in [0.25, 0.3) is 22.3 Å². The average molecular weight is 397 g/mol. The van der Waals surface area contributed by atoms with Gasteiger partial charge in [-0.15, -0.1) is 0 Å². The molecule has 0 saturated carbocycles. The van der Waals surface area contributed by atoms with Crippen LogP contribution >= 0.6 is 15.9 Å². The van der Waals surface area contributed by atoms with Gasteiger partial charge in [-0.2, -0.15) is 0 Å². The van der Waals surface area contributed by atoms with Crippen molar-refractivity contribution >= 4 is 15.9 Å². The van der Waals surface area contributed by atoms with Gasteiger partial charge in [-0.3, -0.25) is 0 Å². The molecular weight excluding hydrogens is 380 g/mol. The highest BCUT2D eigenvalue weighted by Gasteiger charge is 2.28. The van der Waals surface area contributed by atoms with Crippen LogP contribution in [0.5, 0.6) is 0 Å². The normalized spacial score (nSPS) is 12.7. The molecule has 0 amide bonds. The molecule has 4 aromatic rings. The van der Waals surface area contributed by atoms with Gasteiger partial charge in [0, 0.05) is 10.4 Å². The Morgan fingerprint density at radius 2 is 1.15 bits per heavy atom. The van der Waals surface area contributed by atoms with Crippen LogP contribution in [0.1, 0.15) is 22.6 Å². The van der Waals surface area contributed by atoms with Gasteiger partial charge in [-0.1, -0.05) is 101 Å². The summed E-state index contributed by atoms with van der Waals surface area (Å²) < 4.78 is 1.11. The van der Waals surface area contributed by atoms with Crippen LogP contribution in [0.3, 0.4) is 0 Å². The third kappa shape index (κ3) is 2.51.